The first-order valence-electron chi connectivity index (χ1n) is 8.25. The largest absolute Gasteiger partial charge is 0.395 e. The Morgan fingerprint density at radius 1 is 1.38 bits per heavy atom. The summed E-state index contributed by atoms with van der Waals surface area (Å²) in [6.45, 7) is 4.32. The topological polar surface area (TPSA) is 61.8 Å². The summed E-state index contributed by atoms with van der Waals surface area (Å²) >= 11 is 0. The van der Waals surface area contributed by atoms with Gasteiger partial charge in [0.2, 0.25) is 5.91 Å². The van der Waals surface area contributed by atoms with E-state index in [1.165, 1.54) is 25.7 Å². The molecular formula is C16H30N2O3. The van der Waals surface area contributed by atoms with Crippen LogP contribution in [0.4, 0.5) is 0 Å². The number of rotatable bonds is 9. The maximum absolute atomic E-state index is 12.2. The first-order chi connectivity index (χ1) is 10.1. The quantitative estimate of drug-likeness (QED) is 0.663. The first-order valence-corrected chi connectivity index (χ1v) is 8.25. The average molecular weight is 298 g/mol. The number of methoxy groups -OCH3 is 1. The molecule has 0 aromatic rings. The van der Waals surface area contributed by atoms with Crippen molar-refractivity contribution in [1.82, 2.24) is 10.2 Å². The van der Waals surface area contributed by atoms with Gasteiger partial charge in [-0.25, -0.2) is 0 Å². The standard InChI is InChI=1S/C16H30N2O3/c1-12(15-10-13-3-4-14(15)9-13)17-16(20)11-18(5-7-19)6-8-21-2/h12-15,19H,3-11H2,1-2H3,(H,17,20). The second kappa shape index (κ2) is 8.11. The molecule has 0 spiro atoms. The minimum Gasteiger partial charge on any atom is -0.395 e. The van der Waals surface area contributed by atoms with Gasteiger partial charge in [0.05, 0.1) is 19.8 Å². The fourth-order valence-corrected chi connectivity index (χ4v) is 4.15. The van der Waals surface area contributed by atoms with E-state index in [-0.39, 0.29) is 18.6 Å². The van der Waals surface area contributed by atoms with E-state index < -0.39 is 0 Å². The lowest BCUT2D eigenvalue weighted by atomic mass is 9.84. The number of hydrogen-bond donors (Lipinski definition) is 2. The number of amides is 1. The summed E-state index contributed by atoms with van der Waals surface area (Å²) in [7, 11) is 1.65. The predicted molar refractivity (Wildman–Crippen MR) is 81.9 cm³/mol. The number of ether oxygens (including phenoxy) is 1. The molecule has 21 heavy (non-hydrogen) atoms. The molecule has 2 saturated carbocycles. The van der Waals surface area contributed by atoms with Gasteiger partial charge in [0.1, 0.15) is 0 Å². The lowest BCUT2D eigenvalue weighted by Crippen LogP contribution is -2.46. The fraction of sp³-hybridized carbons (Fsp3) is 0.938. The molecule has 2 N–H and O–H groups in total. The number of aliphatic hydroxyl groups excluding tert-OH is 1. The molecule has 0 aromatic heterocycles. The van der Waals surface area contributed by atoms with E-state index in [2.05, 4.69) is 12.2 Å². The molecule has 2 bridgehead atoms. The molecule has 2 rings (SSSR count). The van der Waals surface area contributed by atoms with Gasteiger partial charge in [-0.3, -0.25) is 9.69 Å². The van der Waals surface area contributed by atoms with Gasteiger partial charge < -0.3 is 15.2 Å². The van der Waals surface area contributed by atoms with E-state index in [0.29, 0.717) is 32.2 Å². The molecule has 0 radical (unpaired) electrons. The Kier molecular flexibility index (Phi) is 6.45. The lowest BCUT2D eigenvalue weighted by Gasteiger charge is -2.29. The fourth-order valence-electron chi connectivity index (χ4n) is 4.15. The van der Waals surface area contributed by atoms with Crippen LogP contribution in [0.5, 0.6) is 0 Å². The molecule has 2 aliphatic carbocycles. The van der Waals surface area contributed by atoms with Gasteiger partial charge in [0.25, 0.3) is 0 Å². The molecule has 4 unspecified atom stereocenters. The summed E-state index contributed by atoms with van der Waals surface area (Å²) < 4.78 is 5.04. The van der Waals surface area contributed by atoms with Crippen molar-refractivity contribution in [3.8, 4) is 0 Å². The SMILES string of the molecule is COCCN(CCO)CC(=O)NC(C)C1CC2CCC1C2. The normalized spacial score (nSPS) is 29.0. The van der Waals surface area contributed by atoms with Crippen LogP contribution in [0.1, 0.15) is 32.6 Å². The summed E-state index contributed by atoms with van der Waals surface area (Å²) in [6.07, 6.45) is 5.40. The summed E-state index contributed by atoms with van der Waals surface area (Å²) in [5.74, 6) is 2.46. The maximum atomic E-state index is 12.2. The van der Waals surface area contributed by atoms with Gasteiger partial charge in [-0.05, 0) is 43.9 Å². The van der Waals surface area contributed by atoms with Gasteiger partial charge >= 0.3 is 0 Å². The highest BCUT2D eigenvalue weighted by atomic mass is 16.5. The Morgan fingerprint density at radius 3 is 2.76 bits per heavy atom. The molecule has 0 aliphatic heterocycles. The summed E-state index contributed by atoms with van der Waals surface area (Å²) in [4.78, 5) is 14.1. The van der Waals surface area contributed by atoms with Gasteiger partial charge in [-0.15, -0.1) is 0 Å². The number of aliphatic hydroxyl groups is 1. The third-order valence-corrected chi connectivity index (χ3v) is 5.22. The molecule has 0 saturated heterocycles. The molecule has 0 heterocycles. The Hall–Kier alpha value is -0.650. The van der Waals surface area contributed by atoms with Crippen molar-refractivity contribution in [3.05, 3.63) is 0 Å². The molecule has 1 amide bonds. The lowest BCUT2D eigenvalue weighted by molar-refractivity contribution is -0.123. The monoisotopic (exact) mass is 298 g/mol. The number of hydrogen-bond acceptors (Lipinski definition) is 4. The average Bonchev–Trinajstić information content (AvgIpc) is 3.07. The minimum atomic E-state index is 0.0647. The second-order valence-corrected chi connectivity index (χ2v) is 6.69. The Balaban J connectivity index is 1.74. The van der Waals surface area contributed by atoms with Gasteiger partial charge in [-0.2, -0.15) is 0 Å². The van der Waals surface area contributed by atoms with E-state index in [1.54, 1.807) is 7.11 Å². The van der Waals surface area contributed by atoms with Crippen molar-refractivity contribution < 1.29 is 14.6 Å². The van der Waals surface area contributed by atoms with E-state index in [4.69, 9.17) is 9.84 Å². The zero-order chi connectivity index (χ0) is 15.2. The van der Waals surface area contributed by atoms with Crippen molar-refractivity contribution in [3.63, 3.8) is 0 Å². The van der Waals surface area contributed by atoms with E-state index in [1.807, 2.05) is 4.90 Å². The molecule has 0 aromatic carbocycles. The third kappa shape index (κ3) is 4.66. The molecule has 2 aliphatic rings. The first kappa shape index (κ1) is 16.7. The zero-order valence-electron chi connectivity index (χ0n) is 13.4. The molecule has 4 atom stereocenters. The van der Waals surface area contributed by atoms with E-state index in [9.17, 15) is 4.79 Å². The third-order valence-electron chi connectivity index (χ3n) is 5.22. The van der Waals surface area contributed by atoms with Crippen molar-refractivity contribution in [2.24, 2.45) is 17.8 Å². The maximum Gasteiger partial charge on any atom is 0.234 e. The summed E-state index contributed by atoms with van der Waals surface area (Å²) in [6, 6.07) is 0.270. The Labute approximate surface area is 128 Å². The zero-order valence-corrected chi connectivity index (χ0v) is 13.4. The highest BCUT2D eigenvalue weighted by Crippen LogP contribution is 2.49. The van der Waals surface area contributed by atoms with Crippen LogP contribution in [0.25, 0.3) is 0 Å². The van der Waals surface area contributed by atoms with Gasteiger partial charge in [0, 0.05) is 26.2 Å². The molecule has 122 valence electrons. The van der Waals surface area contributed by atoms with Crippen molar-refractivity contribution in [2.75, 3.05) is 40.0 Å². The van der Waals surface area contributed by atoms with Crippen LogP contribution in [0.3, 0.4) is 0 Å². The number of fused-ring (bicyclic) bond motifs is 2. The van der Waals surface area contributed by atoms with Crippen molar-refractivity contribution >= 4 is 5.91 Å². The smallest absolute Gasteiger partial charge is 0.234 e. The molecule has 5 nitrogen and oxygen atoms in total. The van der Waals surface area contributed by atoms with E-state index >= 15 is 0 Å². The van der Waals surface area contributed by atoms with Crippen LogP contribution in [-0.4, -0.2) is 61.9 Å². The number of nitrogens with zero attached hydrogens (tertiary/aromatic N) is 1. The van der Waals surface area contributed by atoms with Crippen LogP contribution in [0.2, 0.25) is 0 Å². The summed E-state index contributed by atoms with van der Waals surface area (Å²) in [5.41, 5.74) is 0. The van der Waals surface area contributed by atoms with Crippen LogP contribution < -0.4 is 5.32 Å². The van der Waals surface area contributed by atoms with E-state index in [0.717, 1.165) is 11.8 Å². The number of carbonyl (C=O) groups is 1. The highest BCUT2D eigenvalue weighted by Gasteiger charge is 2.42. The van der Waals surface area contributed by atoms with Gasteiger partial charge in [0.15, 0.2) is 0 Å². The van der Waals surface area contributed by atoms with Crippen LogP contribution in [-0.2, 0) is 9.53 Å². The van der Waals surface area contributed by atoms with Crippen LogP contribution in [0, 0.1) is 17.8 Å². The van der Waals surface area contributed by atoms with Crippen LogP contribution >= 0.6 is 0 Å². The molecule has 5 heteroatoms. The predicted octanol–water partition coefficient (Wildman–Crippen LogP) is 0.868. The van der Waals surface area contributed by atoms with Gasteiger partial charge in [-0.1, -0.05) is 6.42 Å². The highest BCUT2D eigenvalue weighted by molar-refractivity contribution is 5.78. The Morgan fingerprint density at radius 2 is 2.19 bits per heavy atom. The number of nitrogens with one attached hydrogen (secondary N) is 1. The van der Waals surface area contributed by atoms with Crippen LogP contribution in [0.15, 0.2) is 0 Å². The van der Waals surface area contributed by atoms with Crippen molar-refractivity contribution in [2.45, 2.75) is 38.6 Å². The molecule has 2 fully saturated rings. The second-order valence-electron chi connectivity index (χ2n) is 6.69. The molecular weight excluding hydrogens is 268 g/mol. The number of carbonyl (C=O) groups excluding carboxylic acids is 1. The Bertz CT molecular complexity index is 337. The summed E-state index contributed by atoms with van der Waals surface area (Å²) in [5, 5.41) is 12.2. The van der Waals surface area contributed by atoms with Crippen molar-refractivity contribution in [1.29, 1.82) is 0 Å². The minimum absolute atomic E-state index is 0.0647.